The maximum atomic E-state index is 12.6. The Labute approximate surface area is 145 Å². The van der Waals surface area contributed by atoms with Gasteiger partial charge < -0.3 is 10.1 Å². The second kappa shape index (κ2) is 6.09. The van der Waals surface area contributed by atoms with E-state index in [1.165, 1.54) is 38.5 Å². The van der Waals surface area contributed by atoms with Crippen LogP contribution >= 0.6 is 0 Å². The molecule has 0 aromatic heterocycles. The number of amides is 1. The first kappa shape index (κ1) is 16.0. The Morgan fingerprint density at radius 2 is 1.75 bits per heavy atom. The monoisotopic (exact) mass is 327 g/mol. The third-order valence-electron chi connectivity index (χ3n) is 6.93. The number of hydrogen-bond acceptors (Lipinski definition) is 2. The van der Waals surface area contributed by atoms with Gasteiger partial charge in [-0.1, -0.05) is 18.2 Å². The van der Waals surface area contributed by atoms with Gasteiger partial charge in [-0.2, -0.15) is 0 Å². The van der Waals surface area contributed by atoms with Crippen LogP contribution in [0.1, 0.15) is 51.0 Å². The molecule has 1 aromatic carbocycles. The van der Waals surface area contributed by atoms with E-state index in [-0.39, 0.29) is 11.9 Å². The molecule has 4 fully saturated rings. The molecule has 130 valence electrons. The first-order valence-electron chi connectivity index (χ1n) is 9.49. The van der Waals surface area contributed by atoms with Crippen molar-refractivity contribution >= 4 is 5.91 Å². The Kier molecular flexibility index (Phi) is 4.06. The quantitative estimate of drug-likeness (QED) is 0.889. The van der Waals surface area contributed by atoms with Crippen molar-refractivity contribution < 1.29 is 9.53 Å². The molecule has 1 N–H and O–H groups in total. The smallest absolute Gasteiger partial charge is 0.224 e. The average molecular weight is 327 g/mol. The average Bonchev–Trinajstić information content (AvgIpc) is 2.54. The van der Waals surface area contributed by atoms with Crippen molar-refractivity contribution in [2.45, 2.75) is 57.9 Å². The Hall–Kier alpha value is -1.51. The number of nitrogens with one attached hydrogen (secondary N) is 1. The number of hydrogen-bond donors (Lipinski definition) is 1. The molecule has 3 nitrogen and oxygen atoms in total. The number of carbonyl (C=O) groups is 1. The predicted molar refractivity (Wildman–Crippen MR) is 94.9 cm³/mol. The summed E-state index contributed by atoms with van der Waals surface area (Å²) in [6, 6.07) is 8.10. The van der Waals surface area contributed by atoms with E-state index >= 15 is 0 Å². The molecular weight excluding hydrogens is 298 g/mol. The number of para-hydroxylation sites is 1. The summed E-state index contributed by atoms with van der Waals surface area (Å²) in [4.78, 5) is 12.6. The van der Waals surface area contributed by atoms with Crippen LogP contribution < -0.4 is 10.1 Å². The van der Waals surface area contributed by atoms with Crippen LogP contribution in [0.5, 0.6) is 5.75 Å². The van der Waals surface area contributed by atoms with E-state index in [4.69, 9.17) is 4.74 Å². The zero-order valence-electron chi connectivity index (χ0n) is 14.9. The van der Waals surface area contributed by atoms with Crippen LogP contribution in [0.25, 0.3) is 0 Å². The van der Waals surface area contributed by atoms with E-state index in [2.05, 4.69) is 12.2 Å². The van der Waals surface area contributed by atoms with Gasteiger partial charge >= 0.3 is 0 Å². The summed E-state index contributed by atoms with van der Waals surface area (Å²) < 4.78 is 5.37. The van der Waals surface area contributed by atoms with E-state index in [1.54, 1.807) is 7.11 Å². The van der Waals surface area contributed by atoms with Gasteiger partial charge in [-0.15, -0.1) is 0 Å². The molecule has 4 bridgehead atoms. The molecule has 24 heavy (non-hydrogen) atoms. The van der Waals surface area contributed by atoms with Gasteiger partial charge in [0, 0.05) is 11.6 Å². The van der Waals surface area contributed by atoms with Crippen LogP contribution in [-0.2, 0) is 11.2 Å². The number of rotatable bonds is 5. The largest absolute Gasteiger partial charge is 0.496 e. The van der Waals surface area contributed by atoms with Crippen molar-refractivity contribution in [3.8, 4) is 5.75 Å². The highest BCUT2D eigenvalue weighted by atomic mass is 16.5. The molecular formula is C21H29NO2. The van der Waals surface area contributed by atoms with E-state index in [0.29, 0.717) is 11.8 Å². The molecule has 0 saturated heterocycles. The molecule has 0 heterocycles. The zero-order valence-corrected chi connectivity index (χ0v) is 14.9. The van der Waals surface area contributed by atoms with Crippen LogP contribution in [0.4, 0.5) is 0 Å². The maximum Gasteiger partial charge on any atom is 0.224 e. The number of benzene rings is 1. The molecule has 4 aliphatic carbocycles. The molecule has 0 unspecified atom stereocenters. The fourth-order valence-corrected chi connectivity index (χ4v) is 6.18. The maximum absolute atomic E-state index is 12.6. The highest BCUT2D eigenvalue weighted by Gasteiger charge is 2.53. The first-order chi connectivity index (χ1) is 11.6. The van der Waals surface area contributed by atoms with Crippen LogP contribution in [0.2, 0.25) is 0 Å². The lowest BCUT2D eigenvalue weighted by atomic mass is 9.48. The van der Waals surface area contributed by atoms with E-state index in [9.17, 15) is 4.79 Å². The van der Waals surface area contributed by atoms with Gasteiger partial charge in [0.25, 0.3) is 0 Å². The molecule has 1 aromatic rings. The second-order valence-electron chi connectivity index (χ2n) is 8.56. The van der Waals surface area contributed by atoms with E-state index in [0.717, 1.165) is 29.1 Å². The van der Waals surface area contributed by atoms with Crippen LogP contribution in [0.15, 0.2) is 24.3 Å². The number of ether oxygens (including phenoxy) is 1. The summed E-state index contributed by atoms with van der Waals surface area (Å²) >= 11 is 0. The zero-order chi connectivity index (χ0) is 16.7. The lowest BCUT2D eigenvalue weighted by Gasteiger charge is -2.59. The standard InChI is InChI=1S/C21H29NO2/c1-14(21-11-15-7-16(12-21)9-17(8-15)13-21)22-20(23)10-18-5-3-4-6-19(18)24-2/h3-6,14-17H,7-13H2,1-2H3,(H,22,23)/t14-,15?,16?,17?,21?/m1/s1. The first-order valence-corrected chi connectivity index (χ1v) is 9.49. The summed E-state index contributed by atoms with van der Waals surface area (Å²) in [5.74, 6) is 3.69. The Bertz CT molecular complexity index is 589. The molecule has 0 aliphatic heterocycles. The van der Waals surface area contributed by atoms with Crippen molar-refractivity contribution in [2.24, 2.45) is 23.2 Å². The fourth-order valence-electron chi connectivity index (χ4n) is 6.18. The van der Waals surface area contributed by atoms with Crippen molar-refractivity contribution in [2.75, 3.05) is 7.11 Å². The van der Waals surface area contributed by atoms with Gasteiger partial charge in [0.1, 0.15) is 5.75 Å². The van der Waals surface area contributed by atoms with Crippen molar-refractivity contribution in [3.05, 3.63) is 29.8 Å². The van der Waals surface area contributed by atoms with Crippen molar-refractivity contribution in [3.63, 3.8) is 0 Å². The normalized spacial score (nSPS) is 34.8. The van der Waals surface area contributed by atoms with Gasteiger partial charge in [-0.3, -0.25) is 4.79 Å². The van der Waals surface area contributed by atoms with Gasteiger partial charge in [0.15, 0.2) is 0 Å². The molecule has 1 amide bonds. The minimum absolute atomic E-state index is 0.128. The summed E-state index contributed by atoms with van der Waals surface area (Å²) in [5.41, 5.74) is 1.33. The minimum atomic E-state index is 0.128. The van der Waals surface area contributed by atoms with Gasteiger partial charge in [0.2, 0.25) is 5.91 Å². The Balaban J connectivity index is 1.42. The molecule has 1 atom stereocenters. The minimum Gasteiger partial charge on any atom is -0.496 e. The summed E-state index contributed by atoms with van der Waals surface area (Å²) in [6.45, 7) is 2.24. The summed E-state index contributed by atoms with van der Waals surface area (Å²) in [6.07, 6.45) is 8.73. The van der Waals surface area contributed by atoms with E-state index < -0.39 is 0 Å². The van der Waals surface area contributed by atoms with Crippen molar-refractivity contribution in [1.29, 1.82) is 0 Å². The lowest BCUT2D eigenvalue weighted by molar-refractivity contribution is -0.125. The van der Waals surface area contributed by atoms with E-state index in [1.807, 2.05) is 24.3 Å². The molecule has 0 radical (unpaired) electrons. The number of carbonyl (C=O) groups excluding carboxylic acids is 1. The summed E-state index contributed by atoms with van der Waals surface area (Å²) in [5, 5.41) is 3.34. The SMILES string of the molecule is COc1ccccc1CC(=O)N[C@H](C)C12CC3CC(CC(C3)C1)C2. The molecule has 3 heteroatoms. The predicted octanol–water partition coefficient (Wildman–Crippen LogP) is 3.96. The lowest BCUT2D eigenvalue weighted by Crippen LogP contribution is -2.56. The van der Waals surface area contributed by atoms with Gasteiger partial charge in [-0.05, 0) is 74.7 Å². The Morgan fingerprint density at radius 3 is 2.33 bits per heavy atom. The third-order valence-corrected chi connectivity index (χ3v) is 6.93. The fraction of sp³-hybridized carbons (Fsp3) is 0.667. The van der Waals surface area contributed by atoms with Crippen LogP contribution in [0.3, 0.4) is 0 Å². The van der Waals surface area contributed by atoms with Crippen LogP contribution in [0, 0.1) is 23.2 Å². The molecule has 4 saturated carbocycles. The summed E-state index contributed by atoms with van der Waals surface area (Å²) in [7, 11) is 1.66. The highest BCUT2D eigenvalue weighted by Crippen LogP contribution is 2.61. The number of methoxy groups -OCH3 is 1. The Morgan fingerprint density at radius 1 is 1.17 bits per heavy atom. The topological polar surface area (TPSA) is 38.3 Å². The molecule has 5 rings (SSSR count). The third kappa shape index (κ3) is 2.82. The molecule has 0 spiro atoms. The van der Waals surface area contributed by atoms with Gasteiger partial charge in [-0.25, -0.2) is 0 Å². The molecule has 4 aliphatic rings. The van der Waals surface area contributed by atoms with Gasteiger partial charge in [0.05, 0.1) is 13.5 Å². The van der Waals surface area contributed by atoms with Crippen molar-refractivity contribution in [1.82, 2.24) is 5.32 Å². The second-order valence-corrected chi connectivity index (χ2v) is 8.56. The van der Waals surface area contributed by atoms with Crippen LogP contribution in [-0.4, -0.2) is 19.1 Å². The highest BCUT2D eigenvalue weighted by molar-refractivity contribution is 5.79.